The van der Waals surface area contributed by atoms with E-state index in [2.05, 4.69) is 43.0 Å². The Morgan fingerprint density at radius 1 is 1.31 bits per heavy atom. The molecule has 2 nitrogen and oxygen atoms in total. The highest BCUT2D eigenvalue weighted by Crippen LogP contribution is 2.64. The lowest BCUT2D eigenvalue weighted by Gasteiger charge is -2.21. The molecule has 1 aromatic carbocycles. The number of benzene rings is 1. The van der Waals surface area contributed by atoms with Crippen LogP contribution in [0.4, 0.5) is 5.69 Å². The lowest BCUT2D eigenvalue weighted by molar-refractivity contribution is 0.231. The topological polar surface area (TPSA) is 23.5 Å². The van der Waals surface area contributed by atoms with Crippen LogP contribution < -0.4 is 4.90 Å². The minimum atomic E-state index is -0.0149. The van der Waals surface area contributed by atoms with Crippen LogP contribution >= 0.6 is 0 Å². The summed E-state index contributed by atoms with van der Waals surface area (Å²) in [5, 5.41) is 9.66. The van der Waals surface area contributed by atoms with Crippen molar-refractivity contribution < 1.29 is 5.11 Å². The number of aliphatic hydroxyl groups excluding tert-OH is 1. The first-order chi connectivity index (χ1) is 7.43. The highest BCUT2D eigenvalue weighted by molar-refractivity contribution is 5.51. The summed E-state index contributed by atoms with van der Waals surface area (Å²) in [5.74, 6) is 0. The molecule has 1 aliphatic carbocycles. The van der Waals surface area contributed by atoms with Crippen LogP contribution in [0.15, 0.2) is 24.3 Å². The number of rotatable bonds is 3. The fourth-order valence-electron chi connectivity index (χ4n) is 2.65. The number of nitrogens with zero attached hydrogens (tertiary/aromatic N) is 1. The smallest absolute Gasteiger partial charge is 0.0533 e. The number of anilines is 1. The SMILES string of the molecule is CN(C)c1cccc(C2(CO)CC2(C)C)c1. The van der Waals surface area contributed by atoms with Gasteiger partial charge in [0.25, 0.3) is 0 Å². The summed E-state index contributed by atoms with van der Waals surface area (Å²) < 4.78 is 0. The third-order valence-corrected chi connectivity index (χ3v) is 4.10. The first-order valence-corrected chi connectivity index (χ1v) is 5.82. The normalized spacial score (nSPS) is 26.6. The quantitative estimate of drug-likeness (QED) is 0.844. The van der Waals surface area contributed by atoms with Crippen LogP contribution in [-0.2, 0) is 5.41 Å². The highest BCUT2D eigenvalue weighted by atomic mass is 16.3. The summed E-state index contributed by atoms with van der Waals surface area (Å²) >= 11 is 0. The van der Waals surface area contributed by atoms with E-state index in [0.717, 1.165) is 6.42 Å². The van der Waals surface area contributed by atoms with E-state index in [-0.39, 0.29) is 17.4 Å². The van der Waals surface area contributed by atoms with Gasteiger partial charge in [-0.2, -0.15) is 0 Å². The maximum absolute atomic E-state index is 9.66. The number of hydrogen-bond acceptors (Lipinski definition) is 2. The van der Waals surface area contributed by atoms with Crippen molar-refractivity contribution >= 4 is 5.69 Å². The Labute approximate surface area is 97.9 Å². The minimum absolute atomic E-state index is 0.0149. The van der Waals surface area contributed by atoms with Crippen LogP contribution in [0, 0.1) is 5.41 Å². The zero-order valence-electron chi connectivity index (χ0n) is 10.6. The number of hydrogen-bond donors (Lipinski definition) is 1. The molecule has 0 amide bonds. The Hall–Kier alpha value is -1.02. The molecule has 0 bridgehead atoms. The van der Waals surface area contributed by atoms with E-state index in [1.54, 1.807) is 0 Å². The van der Waals surface area contributed by atoms with Gasteiger partial charge in [-0.15, -0.1) is 0 Å². The molecule has 1 unspecified atom stereocenters. The standard InChI is InChI=1S/C14H21NO/c1-13(2)9-14(13,10-16)11-6-5-7-12(8-11)15(3)4/h5-8,16H,9-10H2,1-4H3. The molecule has 1 fully saturated rings. The Balaban J connectivity index is 2.38. The van der Waals surface area contributed by atoms with Crippen LogP contribution in [0.2, 0.25) is 0 Å². The van der Waals surface area contributed by atoms with E-state index in [4.69, 9.17) is 0 Å². The van der Waals surface area contributed by atoms with Gasteiger partial charge in [0.05, 0.1) is 6.61 Å². The first-order valence-electron chi connectivity index (χ1n) is 5.82. The zero-order valence-corrected chi connectivity index (χ0v) is 10.6. The van der Waals surface area contributed by atoms with Crippen molar-refractivity contribution in [3.05, 3.63) is 29.8 Å². The molecular formula is C14H21NO. The molecule has 16 heavy (non-hydrogen) atoms. The Bertz CT molecular complexity index is 397. The molecule has 1 N–H and O–H groups in total. The van der Waals surface area contributed by atoms with Gasteiger partial charge < -0.3 is 10.0 Å². The van der Waals surface area contributed by atoms with Crippen LogP contribution in [0.25, 0.3) is 0 Å². The molecule has 88 valence electrons. The molecule has 0 saturated heterocycles. The van der Waals surface area contributed by atoms with Crippen molar-refractivity contribution in [2.24, 2.45) is 5.41 Å². The van der Waals surface area contributed by atoms with Gasteiger partial charge in [0.15, 0.2) is 0 Å². The van der Waals surface area contributed by atoms with Crippen LogP contribution in [0.1, 0.15) is 25.8 Å². The van der Waals surface area contributed by atoms with Gasteiger partial charge in [-0.05, 0) is 29.5 Å². The molecule has 0 spiro atoms. The largest absolute Gasteiger partial charge is 0.395 e. The van der Waals surface area contributed by atoms with Gasteiger partial charge in [-0.3, -0.25) is 0 Å². The second-order valence-electron chi connectivity index (χ2n) is 5.75. The fourth-order valence-corrected chi connectivity index (χ4v) is 2.65. The zero-order chi connectivity index (χ0) is 12.0. The molecule has 1 saturated carbocycles. The Morgan fingerprint density at radius 2 is 1.94 bits per heavy atom. The summed E-state index contributed by atoms with van der Waals surface area (Å²) in [7, 11) is 4.09. The molecule has 0 aromatic heterocycles. The highest BCUT2D eigenvalue weighted by Gasteiger charge is 2.61. The second-order valence-corrected chi connectivity index (χ2v) is 5.75. The summed E-state index contributed by atoms with van der Waals surface area (Å²) in [6.07, 6.45) is 1.08. The lowest BCUT2D eigenvalue weighted by atomic mass is 9.88. The molecule has 1 atom stereocenters. The summed E-state index contributed by atoms with van der Waals surface area (Å²) in [5.41, 5.74) is 2.69. The van der Waals surface area contributed by atoms with Gasteiger partial charge in [-0.25, -0.2) is 0 Å². The second kappa shape index (κ2) is 3.49. The first kappa shape index (κ1) is 11.5. The van der Waals surface area contributed by atoms with Crippen molar-refractivity contribution in [1.29, 1.82) is 0 Å². The summed E-state index contributed by atoms with van der Waals surface area (Å²) in [6, 6.07) is 8.52. The van der Waals surface area contributed by atoms with Crippen molar-refractivity contribution in [3.8, 4) is 0 Å². The predicted octanol–water partition coefficient (Wildman–Crippen LogP) is 2.41. The van der Waals surface area contributed by atoms with Gasteiger partial charge >= 0.3 is 0 Å². The van der Waals surface area contributed by atoms with Gasteiger partial charge in [-0.1, -0.05) is 26.0 Å². The van der Waals surface area contributed by atoms with E-state index in [0.29, 0.717) is 0 Å². The molecule has 2 rings (SSSR count). The third-order valence-electron chi connectivity index (χ3n) is 4.10. The average molecular weight is 219 g/mol. The molecule has 1 aliphatic rings. The van der Waals surface area contributed by atoms with Crippen molar-refractivity contribution in [1.82, 2.24) is 0 Å². The molecule has 0 heterocycles. The van der Waals surface area contributed by atoms with E-state index in [1.807, 2.05) is 14.1 Å². The van der Waals surface area contributed by atoms with Crippen molar-refractivity contribution in [2.75, 3.05) is 25.6 Å². The van der Waals surface area contributed by atoms with Crippen molar-refractivity contribution in [3.63, 3.8) is 0 Å². The minimum Gasteiger partial charge on any atom is -0.395 e. The average Bonchev–Trinajstić information content (AvgIpc) is 2.82. The van der Waals surface area contributed by atoms with E-state index >= 15 is 0 Å². The van der Waals surface area contributed by atoms with Gasteiger partial charge in [0, 0.05) is 25.2 Å². The van der Waals surface area contributed by atoms with E-state index in [9.17, 15) is 5.11 Å². The van der Waals surface area contributed by atoms with Crippen LogP contribution in [0.5, 0.6) is 0 Å². The summed E-state index contributed by atoms with van der Waals surface area (Å²) in [6.45, 7) is 4.70. The molecule has 1 aromatic rings. The maximum Gasteiger partial charge on any atom is 0.0533 e. The van der Waals surface area contributed by atoms with Gasteiger partial charge in [0.2, 0.25) is 0 Å². The third kappa shape index (κ3) is 1.52. The van der Waals surface area contributed by atoms with Crippen molar-refractivity contribution in [2.45, 2.75) is 25.7 Å². The predicted molar refractivity (Wildman–Crippen MR) is 67.9 cm³/mol. The van der Waals surface area contributed by atoms with Gasteiger partial charge in [0.1, 0.15) is 0 Å². The van der Waals surface area contributed by atoms with Crippen LogP contribution in [0.3, 0.4) is 0 Å². The lowest BCUT2D eigenvalue weighted by Crippen LogP contribution is -2.20. The maximum atomic E-state index is 9.66. The van der Waals surface area contributed by atoms with Crippen LogP contribution in [-0.4, -0.2) is 25.8 Å². The molecule has 0 aliphatic heterocycles. The molecule has 0 radical (unpaired) electrons. The van der Waals surface area contributed by atoms with E-state index < -0.39 is 0 Å². The Kier molecular flexibility index (Phi) is 2.50. The Morgan fingerprint density at radius 3 is 2.38 bits per heavy atom. The summed E-state index contributed by atoms with van der Waals surface area (Å²) in [4.78, 5) is 2.10. The molecular weight excluding hydrogens is 198 g/mol. The monoisotopic (exact) mass is 219 g/mol. The van der Waals surface area contributed by atoms with E-state index in [1.165, 1.54) is 11.3 Å². The number of aliphatic hydroxyl groups is 1. The fraction of sp³-hybridized carbons (Fsp3) is 0.571. The molecule has 2 heteroatoms.